The quantitative estimate of drug-likeness (QED) is 0.191. The standard InChI is InChI=1S/C42H25N/c1-2-13-32-30(11-1)31-12-3-4-14-33(31)38-24-28(19-21-34(32)38)26-9-7-10-27(23-26)29-20-22-41-39(25-29)37-17-8-16-36-35-15-5-6-18-40(35)43(41)42(36)37/h1-25H. The van der Waals surface area contributed by atoms with E-state index in [9.17, 15) is 0 Å². The molecule has 43 heavy (non-hydrogen) atoms. The van der Waals surface area contributed by atoms with Gasteiger partial charge in [0.25, 0.3) is 0 Å². The maximum atomic E-state index is 2.44. The van der Waals surface area contributed by atoms with E-state index in [1.54, 1.807) is 0 Å². The van der Waals surface area contributed by atoms with Gasteiger partial charge in [0.1, 0.15) is 0 Å². The summed E-state index contributed by atoms with van der Waals surface area (Å²) in [6.45, 7) is 0. The highest BCUT2D eigenvalue weighted by Gasteiger charge is 2.17. The Kier molecular flexibility index (Phi) is 4.51. The van der Waals surface area contributed by atoms with Gasteiger partial charge in [0.05, 0.1) is 16.6 Å². The number of nitrogens with zero attached hydrogens (tertiary/aromatic N) is 1. The highest BCUT2D eigenvalue weighted by Crippen LogP contribution is 2.41. The van der Waals surface area contributed by atoms with Crippen LogP contribution in [0.25, 0.3) is 92.7 Å². The lowest BCUT2D eigenvalue weighted by Crippen LogP contribution is -1.86. The van der Waals surface area contributed by atoms with E-state index in [0.717, 1.165) is 0 Å². The van der Waals surface area contributed by atoms with Crippen LogP contribution < -0.4 is 0 Å². The second kappa shape index (κ2) is 8.44. The van der Waals surface area contributed by atoms with Gasteiger partial charge in [0.2, 0.25) is 0 Å². The van der Waals surface area contributed by atoms with Crippen LogP contribution in [-0.2, 0) is 0 Å². The third-order valence-electron chi connectivity index (χ3n) is 9.50. The van der Waals surface area contributed by atoms with E-state index in [2.05, 4.69) is 156 Å². The van der Waals surface area contributed by atoms with Crippen LogP contribution in [0.4, 0.5) is 0 Å². The minimum atomic E-state index is 1.23. The van der Waals surface area contributed by atoms with Crippen molar-refractivity contribution < 1.29 is 0 Å². The Labute approximate surface area is 248 Å². The Morgan fingerprint density at radius 1 is 0.256 bits per heavy atom. The molecule has 0 saturated carbocycles. The molecule has 0 bridgehead atoms. The molecule has 0 aliphatic heterocycles. The van der Waals surface area contributed by atoms with E-state index >= 15 is 0 Å². The smallest absolute Gasteiger partial charge is 0.0620 e. The molecular formula is C42H25N. The summed E-state index contributed by atoms with van der Waals surface area (Å²) < 4.78 is 2.44. The third kappa shape index (κ3) is 3.11. The molecule has 0 spiro atoms. The van der Waals surface area contributed by atoms with Crippen LogP contribution in [-0.4, -0.2) is 4.40 Å². The number of benzene rings is 8. The van der Waals surface area contributed by atoms with Crippen LogP contribution in [0.3, 0.4) is 0 Å². The second-order valence-corrected chi connectivity index (χ2v) is 11.7. The van der Waals surface area contributed by atoms with Gasteiger partial charge in [0, 0.05) is 21.5 Å². The lowest BCUT2D eigenvalue weighted by Gasteiger charge is -2.12. The van der Waals surface area contributed by atoms with E-state index < -0.39 is 0 Å². The Hall–Kier alpha value is -5.66. The molecule has 0 atom stereocenters. The average molecular weight is 544 g/mol. The average Bonchev–Trinajstić information content (AvgIpc) is 3.60. The highest BCUT2D eigenvalue weighted by molar-refractivity contribution is 6.26. The van der Waals surface area contributed by atoms with Crippen molar-refractivity contribution >= 4 is 70.4 Å². The van der Waals surface area contributed by atoms with Gasteiger partial charge in [-0.1, -0.05) is 121 Å². The molecule has 1 nitrogen and oxygen atoms in total. The lowest BCUT2D eigenvalue weighted by molar-refractivity contribution is 1.37. The first kappa shape index (κ1) is 23.0. The monoisotopic (exact) mass is 543 g/mol. The Morgan fingerprint density at radius 3 is 1.40 bits per heavy atom. The van der Waals surface area contributed by atoms with Gasteiger partial charge < -0.3 is 4.40 Å². The van der Waals surface area contributed by atoms with E-state index in [4.69, 9.17) is 0 Å². The van der Waals surface area contributed by atoms with Crippen molar-refractivity contribution in [1.29, 1.82) is 0 Å². The molecule has 0 saturated heterocycles. The summed E-state index contributed by atoms with van der Waals surface area (Å²) >= 11 is 0. The first-order valence-electron chi connectivity index (χ1n) is 14.9. The van der Waals surface area contributed by atoms with E-state index in [1.807, 2.05) is 0 Å². The SMILES string of the molecule is c1cc(-c2ccc3c4ccccc4c4ccccc4c3c2)cc(-c2ccc3c(c2)c2cccc4c5ccccc5n3c42)c1. The summed E-state index contributed by atoms with van der Waals surface area (Å²) in [5.74, 6) is 0. The van der Waals surface area contributed by atoms with Crippen LogP contribution in [0.1, 0.15) is 0 Å². The Morgan fingerprint density at radius 2 is 0.698 bits per heavy atom. The number of para-hydroxylation sites is 2. The minimum Gasteiger partial charge on any atom is -0.308 e. The normalized spacial score (nSPS) is 12.2. The predicted octanol–water partition coefficient (Wildman–Crippen LogP) is 11.6. The highest BCUT2D eigenvalue weighted by atomic mass is 14.9. The predicted molar refractivity (Wildman–Crippen MR) is 184 cm³/mol. The van der Waals surface area contributed by atoms with E-state index in [1.165, 1.54) is 92.7 Å². The fraction of sp³-hybridized carbons (Fsp3) is 0. The molecule has 2 aromatic heterocycles. The first-order chi connectivity index (χ1) is 21.3. The van der Waals surface area contributed by atoms with Gasteiger partial charge in [-0.2, -0.15) is 0 Å². The van der Waals surface area contributed by atoms with E-state index in [-0.39, 0.29) is 0 Å². The summed E-state index contributed by atoms with van der Waals surface area (Å²) in [5.41, 5.74) is 8.80. The molecule has 0 radical (unpaired) electrons. The second-order valence-electron chi connectivity index (χ2n) is 11.7. The zero-order valence-corrected chi connectivity index (χ0v) is 23.4. The van der Waals surface area contributed by atoms with Crippen molar-refractivity contribution in [2.75, 3.05) is 0 Å². The summed E-state index contributed by atoms with van der Waals surface area (Å²) in [6, 6.07) is 56.0. The molecule has 10 rings (SSSR count). The van der Waals surface area contributed by atoms with E-state index in [0.29, 0.717) is 0 Å². The van der Waals surface area contributed by atoms with Crippen LogP contribution in [0, 0.1) is 0 Å². The fourth-order valence-electron chi connectivity index (χ4n) is 7.58. The molecule has 2 heterocycles. The molecular weight excluding hydrogens is 518 g/mol. The number of aromatic nitrogens is 1. The molecule has 0 amide bonds. The molecule has 0 aliphatic rings. The minimum absolute atomic E-state index is 1.23. The zero-order valence-electron chi connectivity index (χ0n) is 23.4. The number of rotatable bonds is 2. The van der Waals surface area contributed by atoms with Gasteiger partial charge in [-0.25, -0.2) is 0 Å². The zero-order chi connectivity index (χ0) is 28.1. The third-order valence-corrected chi connectivity index (χ3v) is 9.50. The molecule has 1 heteroatoms. The van der Waals surface area contributed by atoms with Crippen LogP contribution in [0.15, 0.2) is 152 Å². The van der Waals surface area contributed by atoms with Crippen LogP contribution in [0.2, 0.25) is 0 Å². The largest absolute Gasteiger partial charge is 0.308 e. The molecule has 0 N–H and O–H groups in total. The molecule has 198 valence electrons. The number of fused-ring (bicyclic) bond motifs is 12. The summed E-state index contributed by atoms with van der Waals surface area (Å²) in [7, 11) is 0. The molecule has 8 aromatic carbocycles. The maximum Gasteiger partial charge on any atom is 0.0620 e. The van der Waals surface area contributed by atoms with Crippen molar-refractivity contribution in [3.63, 3.8) is 0 Å². The van der Waals surface area contributed by atoms with Crippen molar-refractivity contribution in [3.05, 3.63) is 152 Å². The first-order valence-corrected chi connectivity index (χ1v) is 14.9. The van der Waals surface area contributed by atoms with Crippen molar-refractivity contribution in [2.45, 2.75) is 0 Å². The van der Waals surface area contributed by atoms with Crippen molar-refractivity contribution in [1.82, 2.24) is 4.40 Å². The summed E-state index contributed by atoms with van der Waals surface area (Å²) in [4.78, 5) is 0. The van der Waals surface area contributed by atoms with Crippen molar-refractivity contribution in [3.8, 4) is 22.3 Å². The van der Waals surface area contributed by atoms with Gasteiger partial charge in [-0.15, -0.1) is 0 Å². The molecule has 0 aliphatic carbocycles. The van der Waals surface area contributed by atoms with Crippen molar-refractivity contribution in [2.24, 2.45) is 0 Å². The Bertz CT molecular complexity index is 2690. The fourth-order valence-corrected chi connectivity index (χ4v) is 7.58. The topological polar surface area (TPSA) is 4.41 Å². The molecule has 0 unspecified atom stereocenters. The Balaban J connectivity index is 1.16. The molecule has 10 aromatic rings. The van der Waals surface area contributed by atoms with Crippen LogP contribution in [0.5, 0.6) is 0 Å². The maximum absolute atomic E-state index is 2.44. The van der Waals surface area contributed by atoms with Gasteiger partial charge in [-0.3, -0.25) is 0 Å². The number of hydrogen-bond acceptors (Lipinski definition) is 0. The molecule has 0 fully saturated rings. The van der Waals surface area contributed by atoms with Gasteiger partial charge in [0.15, 0.2) is 0 Å². The lowest BCUT2D eigenvalue weighted by atomic mass is 9.91. The van der Waals surface area contributed by atoms with Gasteiger partial charge in [-0.05, 0) is 84.9 Å². The van der Waals surface area contributed by atoms with Gasteiger partial charge >= 0.3 is 0 Å². The number of hydrogen-bond donors (Lipinski definition) is 0. The van der Waals surface area contributed by atoms with Crippen LogP contribution >= 0.6 is 0 Å². The summed E-state index contributed by atoms with van der Waals surface area (Å²) in [5, 5.41) is 13.1. The summed E-state index contributed by atoms with van der Waals surface area (Å²) in [6.07, 6.45) is 0.